The highest BCUT2D eigenvalue weighted by Crippen LogP contribution is 2.16. The van der Waals surface area contributed by atoms with E-state index in [1.165, 1.54) is 0 Å². The van der Waals surface area contributed by atoms with Crippen LogP contribution < -0.4 is 5.32 Å². The molecule has 1 aliphatic heterocycles. The molecule has 4 nitrogen and oxygen atoms in total. The van der Waals surface area contributed by atoms with Crippen LogP contribution in [0.25, 0.3) is 0 Å². The molecule has 4 heteroatoms. The molecule has 0 unspecified atom stereocenters. The maximum absolute atomic E-state index is 11.6. The topological polar surface area (TPSA) is 41.6 Å². The van der Waals surface area contributed by atoms with Crippen LogP contribution in [-0.4, -0.2) is 36.7 Å². The first-order valence-electron chi connectivity index (χ1n) is 5.10. The lowest BCUT2D eigenvalue weighted by Crippen LogP contribution is -2.50. The summed E-state index contributed by atoms with van der Waals surface area (Å²) in [6.07, 6.45) is 0. The Balaban J connectivity index is 2.40. The van der Waals surface area contributed by atoms with Crippen molar-refractivity contribution in [2.45, 2.75) is 33.7 Å². The molecular formula is C10H20N2O2. The van der Waals surface area contributed by atoms with Gasteiger partial charge in [0.25, 0.3) is 0 Å². The van der Waals surface area contributed by atoms with E-state index >= 15 is 0 Å². The van der Waals surface area contributed by atoms with Crippen LogP contribution in [0, 0.1) is 5.41 Å². The molecule has 0 spiro atoms. The van der Waals surface area contributed by atoms with E-state index < -0.39 is 5.41 Å². The Morgan fingerprint density at radius 2 is 2.14 bits per heavy atom. The quantitative estimate of drug-likeness (QED) is 0.679. The van der Waals surface area contributed by atoms with Gasteiger partial charge in [-0.05, 0) is 27.7 Å². The minimum Gasteiger partial charge on any atom is -0.367 e. The fourth-order valence-corrected chi connectivity index (χ4v) is 1.23. The fourth-order valence-electron chi connectivity index (χ4n) is 1.23. The summed E-state index contributed by atoms with van der Waals surface area (Å²) in [5.41, 5.74) is -0.423. The Kier molecular flexibility index (Phi) is 3.50. The van der Waals surface area contributed by atoms with Crippen LogP contribution in [0.15, 0.2) is 0 Å². The number of hydrogen-bond acceptors (Lipinski definition) is 4. The van der Waals surface area contributed by atoms with Gasteiger partial charge in [0.05, 0.1) is 12.0 Å². The SMILES string of the molecule is C[C@@H]1CN(OC(=O)C(C)(C)C)CCN1. The second-order valence-corrected chi connectivity index (χ2v) is 4.87. The molecule has 0 radical (unpaired) electrons. The first-order chi connectivity index (χ1) is 6.39. The molecule has 0 amide bonds. The number of hydrogen-bond donors (Lipinski definition) is 1. The van der Waals surface area contributed by atoms with Crippen molar-refractivity contribution in [1.29, 1.82) is 0 Å². The van der Waals surface area contributed by atoms with Crippen LogP contribution >= 0.6 is 0 Å². The molecule has 82 valence electrons. The van der Waals surface area contributed by atoms with E-state index in [-0.39, 0.29) is 5.97 Å². The average molecular weight is 200 g/mol. The molecule has 1 heterocycles. The number of rotatable bonds is 1. The predicted molar refractivity (Wildman–Crippen MR) is 54.6 cm³/mol. The normalized spacial score (nSPS) is 24.7. The van der Waals surface area contributed by atoms with E-state index in [9.17, 15) is 4.79 Å². The van der Waals surface area contributed by atoms with Crippen LogP contribution in [0.1, 0.15) is 27.7 Å². The van der Waals surface area contributed by atoms with Gasteiger partial charge in [0.2, 0.25) is 0 Å². The number of nitrogens with one attached hydrogen (secondary N) is 1. The summed E-state index contributed by atoms with van der Waals surface area (Å²) in [5.74, 6) is -0.161. The molecule has 1 fully saturated rings. The van der Waals surface area contributed by atoms with E-state index in [0.29, 0.717) is 6.04 Å². The molecule has 0 aliphatic carbocycles. The zero-order chi connectivity index (χ0) is 10.8. The molecule has 1 aliphatic rings. The van der Waals surface area contributed by atoms with Gasteiger partial charge in [0, 0.05) is 19.1 Å². The monoisotopic (exact) mass is 200 g/mol. The van der Waals surface area contributed by atoms with E-state index in [2.05, 4.69) is 12.2 Å². The third-order valence-electron chi connectivity index (χ3n) is 2.16. The van der Waals surface area contributed by atoms with Crippen LogP contribution in [-0.2, 0) is 9.63 Å². The molecule has 0 aromatic rings. The van der Waals surface area contributed by atoms with Crippen molar-refractivity contribution in [2.75, 3.05) is 19.6 Å². The molecule has 1 rings (SSSR count). The number of carbonyl (C=O) groups is 1. The molecule has 1 atom stereocenters. The number of piperazine rings is 1. The number of nitrogens with zero attached hydrogens (tertiary/aromatic N) is 1. The first-order valence-corrected chi connectivity index (χ1v) is 5.10. The minimum atomic E-state index is -0.423. The Bertz CT molecular complexity index is 211. The number of carbonyl (C=O) groups excluding carboxylic acids is 1. The van der Waals surface area contributed by atoms with Gasteiger partial charge in [-0.3, -0.25) is 0 Å². The van der Waals surface area contributed by atoms with Crippen LogP contribution in [0.4, 0.5) is 0 Å². The lowest BCUT2D eigenvalue weighted by atomic mass is 9.98. The summed E-state index contributed by atoms with van der Waals surface area (Å²) < 4.78 is 0. The predicted octanol–water partition coefficient (Wildman–Crippen LogP) is 0.784. The highest BCUT2D eigenvalue weighted by atomic mass is 16.7. The third kappa shape index (κ3) is 3.27. The Morgan fingerprint density at radius 3 is 2.64 bits per heavy atom. The zero-order valence-electron chi connectivity index (χ0n) is 9.46. The van der Waals surface area contributed by atoms with E-state index in [1.807, 2.05) is 20.8 Å². The minimum absolute atomic E-state index is 0.161. The first kappa shape index (κ1) is 11.5. The zero-order valence-corrected chi connectivity index (χ0v) is 9.46. The summed E-state index contributed by atoms with van der Waals surface area (Å²) in [5, 5.41) is 5.04. The van der Waals surface area contributed by atoms with Crippen molar-refractivity contribution in [3.8, 4) is 0 Å². The maximum atomic E-state index is 11.6. The second-order valence-electron chi connectivity index (χ2n) is 4.87. The summed E-state index contributed by atoms with van der Waals surface area (Å²) in [4.78, 5) is 16.8. The maximum Gasteiger partial charge on any atom is 0.330 e. The van der Waals surface area contributed by atoms with Gasteiger partial charge in [-0.2, -0.15) is 0 Å². The summed E-state index contributed by atoms with van der Waals surface area (Å²) >= 11 is 0. The van der Waals surface area contributed by atoms with E-state index in [1.54, 1.807) is 5.06 Å². The Morgan fingerprint density at radius 1 is 1.50 bits per heavy atom. The van der Waals surface area contributed by atoms with E-state index in [4.69, 9.17) is 4.84 Å². The smallest absolute Gasteiger partial charge is 0.330 e. The van der Waals surface area contributed by atoms with Crippen molar-refractivity contribution >= 4 is 5.97 Å². The summed E-state index contributed by atoms with van der Waals surface area (Å²) in [7, 11) is 0. The Labute approximate surface area is 85.6 Å². The van der Waals surface area contributed by atoms with Crippen molar-refractivity contribution in [3.63, 3.8) is 0 Å². The molecule has 1 N–H and O–H groups in total. The van der Waals surface area contributed by atoms with Gasteiger partial charge in [0.15, 0.2) is 0 Å². The molecule has 14 heavy (non-hydrogen) atoms. The highest BCUT2D eigenvalue weighted by Gasteiger charge is 2.27. The van der Waals surface area contributed by atoms with Gasteiger partial charge in [-0.15, -0.1) is 5.06 Å². The van der Waals surface area contributed by atoms with Crippen molar-refractivity contribution < 1.29 is 9.63 Å². The Hall–Kier alpha value is -0.610. The lowest BCUT2D eigenvalue weighted by Gasteiger charge is -2.31. The molecule has 1 saturated heterocycles. The van der Waals surface area contributed by atoms with Crippen LogP contribution in [0.5, 0.6) is 0 Å². The van der Waals surface area contributed by atoms with Crippen molar-refractivity contribution in [3.05, 3.63) is 0 Å². The fraction of sp³-hybridized carbons (Fsp3) is 0.900. The third-order valence-corrected chi connectivity index (χ3v) is 2.16. The van der Waals surface area contributed by atoms with Crippen molar-refractivity contribution in [1.82, 2.24) is 10.4 Å². The van der Waals surface area contributed by atoms with Gasteiger partial charge >= 0.3 is 5.97 Å². The molecular weight excluding hydrogens is 180 g/mol. The average Bonchev–Trinajstić information content (AvgIpc) is 2.02. The van der Waals surface area contributed by atoms with Gasteiger partial charge in [-0.1, -0.05) is 0 Å². The van der Waals surface area contributed by atoms with Crippen molar-refractivity contribution in [2.24, 2.45) is 5.41 Å². The molecule has 0 bridgehead atoms. The standard InChI is InChI=1S/C10H20N2O2/c1-8-7-12(6-5-11-8)14-9(13)10(2,3)4/h8,11H,5-7H2,1-4H3/t8-/m1/s1. The molecule has 0 aromatic heterocycles. The van der Waals surface area contributed by atoms with Gasteiger partial charge in [-0.25, -0.2) is 4.79 Å². The second kappa shape index (κ2) is 4.28. The summed E-state index contributed by atoms with van der Waals surface area (Å²) in [6, 6.07) is 0.386. The number of hydroxylamine groups is 2. The lowest BCUT2D eigenvalue weighted by molar-refractivity contribution is -0.204. The molecule has 0 saturated carbocycles. The molecule has 0 aromatic carbocycles. The van der Waals surface area contributed by atoms with Gasteiger partial charge in [0.1, 0.15) is 0 Å². The largest absolute Gasteiger partial charge is 0.367 e. The highest BCUT2D eigenvalue weighted by molar-refractivity contribution is 5.75. The summed E-state index contributed by atoms with van der Waals surface area (Å²) in [6.45, 7) is 10.1. The van der Waals surface area contributed by atoms with Gasteiger partial charge < -0.3 is 10.2 Å². The van der Waals surface area contributed by atoms with Crippen LogP contribution in [0.3, 0.4) is 0 Å². The van der Waals surface area contributed by atoms with E-state index in [0.717, 1.165) is 19.6 Å². The van der Waals surface area contributed by atoms with Crippen LogP contribution in [0.2, 0.25) is 0 Å².